The number of urea groups is 1. The lowest BCUT2D eigenvalue weighted by molar-refractivity contribution is 0.0920. The first kappa shape index (κ1) is 21.1. The van der Waals surface area contributed by atoms with Crippen molar-refractivity contribution in [2.24, 2.45) is 0 Å². The highest BCUT2D eigenvalue weighted by Crippen LogP contribution is 2.29. The SMILES string of the molecule is Cc1nc(C(C)(C)C)sc1C(=O)NC1CCN(C(=O)NC2CCCCC2)CC1. The maximum Gasteiger partial charge on any atom is 0.317 e. The number of carbonyl (C=O) groups is 2. The first-order valence-electron chi connectivity index (χ1n) is 10.6. The summed E-state index contributed by atoms with van der Waals surface area (Å²) in [5.41, 5.74) is 0.752. The highest BCUT2D eigenvalue weighted by atomic mass is 32.1. The fourth-order valence-corrected chi connectivity index (χ4v) is 4.95. The number of likely N-dealkylation sites (tertiary alicyclic amines) is 1. The molecule has 7 heteroatoms. The van der Waals surface area contributed by atoms with Gasteiger partial charge in [0.25, 0.3) is 5.91 Å². The smallest absolute Gasteiger partial charge is 0.317 e. The molecule has 1 saturated carbocycles. The van der Waals surface area contributed by atoms with Crippen LogP contribution in [0.1, 0.15) is 86.1 Å². The molecule has 1 aliphatic carbocycles. The molecule has 2 fully saturated rings. The highest BCUT2D eigenvalue weighted by Gasteiger charge is 2.28. The van der Waals surface area contributed by atoms with Gasteiger partial charge in [0.1, 0.15) is 4.88 Å². The molecule has 1 aromatic rings. The molecule has 1 saturated heterocycles. The molecular weight excluding hydrogens is 372 g/mol. The van der Waals surface area contributed by atoms with Crippen LogP contribution in [-0.4, -0.2) is 47.0 Å². The predicted molar refractivity (Wildman–Crippen MR) is 113 cm³/mol. The Bertz CT molecular complexity index is 696. The number of nitrogens with one attached hydrogen (secondary N) is 2. The number of amides is 3. The zero-order valence-corrected chi connectivity index (χ0v) is 18.5. The Morgan fingerprint density at radius 1 is 1.00 bits per heavy atom. The summed E-state index contributed by atoms with van der Waals surface area (Å²) in [6, 6.07) is 0.514. The molecule has 6 nitrogen and oxygen atoms in total. The molecule has 0 unspecified atom stereocenters. The van der Waals surface area contributed by atoms with Crippen LogP contribution >= 0.6 is 11.3 Å². The number of nitrogens with zero attached hydrogens (tertiary/aromatic N) is 2. The lowest BCUT2D eigenvalue weighted by atomic mass is 9.95. The Morgan fingerprint density at radius 2 is 1.61 bits per heavy atom. The summed E-state index contributed by atoms with van der Waals surface area (Å²) in [4.78, 5) is 32.4. The first-order valence-corrected chi connectivity index (χ1v) is 11.4. The number of carbonyl (C=O) groups excluding carboxylic acids is 2. The van der Waals surface area contributed by atoms with Crippen molar-refractivity contribution in [2.45, 2.75) is 90.1 Å². The number of thiazole rings is 1. The van der Waals surface area contributed by atoms with Crippen LogP contribution in [0, 0.1) is 6.92 Å². The van der Waals surface area contributed by atoms with Crippen molar-refractivity contribution in [3.63, 3.8) is 0 Å². The van der Waals surface area contributed by atoms with Crippen LogP contribution in [0.15, 0.2) is 0 Å². The van der Waals surface area contributed by atoms with Crippen LogP contribution in [0.4, 0.5) is 4.79 Å². The number of hydrogen-bond donors (Lipinski definition) is 2. The van der Waals surface area contributed by atoms with Gasteiger partial charge in [-0.2, -0.15) is 0 Å². The fourth-order valence-electron chi connectivity index (χ4n) is 3.92. The van der Waals surface area contributed by atoms with E-state index in [4.69, 9.17) is 0 Å². The second-order valence-electron chi connectivity index (χ2n) is 9.20. The normalized spacial score (nSPS) is 19.5. The Morgan fingerprint density at radius 3 is 2.18 bits per heavy atom. The summed E-state index contributed by atoms with van der Waals surface area (Å²) < 4.78 is 0. The molecular formula is C21H34N4O2S. The quantitative estimate of drug-likeness (QED) is 0.797. The van der Waals surface area contributed by atoms with Gasteiger partial charge in [-0.3, -0.25) is 4.79 Å². The van der Waals surface area contributed by atoms with Crippen molar-refractivity contribution < 1.29 is 9.59 Å². The molecule has 0 bridgehead atoms. The van der Waals surface area contributed by atoms with E-state index >= 15 is 0 Å². The van der Waals surface area contributed by atoms with Crippen LogP contribution in [0.3, 0.4) is 0 Å². The minimum atomic E-state index is -0.0506. The van der Waals surface area contributed by atoms with Gasteiger partial charge in [0.2, 0.25) is 0 Å². The molecule has 0 atom stereocenters. The molecule has 3 amide bonds. The van der Waals surface area contributed by atoms with Gasteiger partial charge in [-0.05, 0) is 32.6 Å². The van der Waals surface area contributed by atoms with Gasteiger partial charge < -0.3 is 15.5 Å². The molecule has 1 aliphatic heterocycles. The van der Waals surface area contributed by atoms with Gasteiger partial charge in [-0.1, -0.05) is 40.0 Å². The summed E-state index contributed by atoms with van der Waals surface area (Å²) in [5.74, 6) is -0.0318. The van der Waals surface area contributed by atoms with Crippen LogP contribution < -0.4 is 10.6 Å². The molecule has 1 aromatic heterocycles. The minimum Gasteiger partial charge on any atom is -0.348 e. The largest absolute Gasteiger partial charge is 0.348 e. The number of aromatic nitrogens is 1. The van der Waals surface area contributed by atoms with Crippen LogP contribution in [-0.2, 0) is 5.41 Å². The van der Waals surface area contributed by atoms with E-state index in [1.807, 2.05) is 11.8 Å². The third kappa shape index (κ3) is 5.25. The third-order valence-corrected chi connectivity index (χ3v) is 7.28. The molecule has 0 spiro atoms. The van der Waals surface area contributed by atoms with E-state index in [1.54, 1.807) is 0 Å². The van der Waals surface area contributed by atoms with E-state index in [2.05, 4.69) is 36.4 Å². The van der Waals surface area contributed by atoms with Gasteiger partial charge in [-0.25, -0.2) is 9.78 Å². The van der Waals surface area contributed by atoms with E-state index in [9.17, 15) is 9.59 Å². The number of aryl methyl sites for hydroxylation is 1. The van der Waals surface area contributed by atoms with Crippen LogP contribution in [0.5, 0.6) is 0 Å². The predicted octanol–water partition coefficient (Wildman–Crippen LogP) is 3.99. The molecule has 3 rings (SSSR count). The van der Waals surface area contributed by atoms with Crippen molar-refractivity contribution in [2.75, 3.05) is 13.1 Å². The van der Waals surface area contributed by atoms with E-state index in [0.717, 1.165) is 36.4 Å². The van der Waals surface area contributed by atoms with Gasteiger partial charge in [0.05, 0.1) is 10.7 Å². The van der Waals surface area contributed by atoms with E-state index in [-0.39, 0.29) is 23.4 Å². The molecule has 2 N–H and O–H groups in total. The Balaban J connectivity index is 1.48. The number of hydrogen-bond acceptors (Lipinski definition) is 4. The Labute approximate surface area is 172 Å². The lowest BCUT2D eigenvalue weighted by Crippen LogP contribution is -2.51. The average molecular weight is 407 g/mol. The molecule has 0 aromatic carbocycles. The molecule has 28 heavy (non-hydrogen) atoms. The van der Waals surface area contributed by atoms with Gasteiger partial charge >= 0.3 is 6.03 Å². The Kier molecular flexibility index (Phi) is 6.63. The topological polar surface area (TPSA) is 74.3 Å². The maximum atomic E-state index is 12.7. The monoisotopic (exact) mass is 406 g/mol. The zero-order chi connectivity index (χ0) is 20.3. The van der Waals surface area contributed by atoms with Gasteiger partial charge in [0, 0.05) is 30.6 Å². The second-order valence-corrected chi connectivity index (χ2v) is 10.2. The van der Waals surface area contributed by atoms with E-state index in [1.165, 1.54) is 30.6 Å². The van der Waals surface area contributed by atoms with Gasteiger partial charge in [0.15, 0.2) is 0 Å². The van der Waals surface area contributed by atoms with Crippen LogP contribution in [0.25, 0.3) is 0 Å². The summed E-state index contributed by atoms with van der Waals surface area (Å²) in [6.45, 7) is 9.62. The Hall–Kier alpha value is -1.63. The fraction of sp³-hybridized carbons (Fsp3) is 0.762. The third-order valence-electron chi connectivity index (χ3n) is 5.69. The second kappa shape index (κ2) is 8.80. The molecule has 156 valence electrons. The number of rotatable bonds is 3. The minimum absolute atomic E-state index is 0.0318. The molecule has 2 heterocycles. The lowest BCUT2D eigenvalue weighted by Gasteiger charge is -2.34. The van der Waals surface area contributed by atoms with Crippen molar-refractivity contribution in [1.82, 2.24) is 20.5 Å². The summed E-state index contributed by atoms with van der Waals surface area (Å²) in [6.07, 6.45) is 7.52. The van der Waals surface area contributed by atoms with Gasteiger partial charge in [-0.15, -0.1) is 11.3 Å². The number of piperidine rings is 1. The zero-order valence-electron chi connectivity index (χ0n) is 17.6. The maximum absolute atomic E-state index is 12.7. The molecule has 2 aliphatic rings. The highest BCUT2D eigenvalue weighted by molar-refractivity contribution is 7.14. The van der Waals surface area contributed by atoms with Crippen molar-refractivity contribution in [3.05, 3.63) is 15.6 Å². The van der Waals surface area contributed by atoms with E-state index < -0.39 is 0 Å². The van der Waals surface area contributed by atoms with Crippen molar-refractivity contribution >= 4 is 23.3 Å². The van der Waals surface area contributed by atoms with E-state index in [0.29, 0.717) is 24.0 Å². The molecule has 0 radical (unpaired) electrons. The van der Waals surface area contributed by atoms with Crippen molar-refractivity contribution in [3.8, 4) is 0 Å². The average Bonchev–Trinajstić information content (AvgIpc) is 3.05. The first-order chi connectivity index (χ1) is 13.2. The summed E-state index contributed by atoms with van der Waals surface area (Å²) in [5, 5.41) is 7.33. The standard InChI is InChI=1S/C21H34N4O2S/c1-14-17(28-19(22-14)21(2,3)4)18(26)23-16-10-12-25(13-11-16)20(27)24-15-8-6-5-7-9-15/h15-16H,5-13H2,1-4H3,(H,23,26)(H,24,27). The van der Waals surface area contributed by atoms with Crippen LogP contribution in [0.2, 0.25) is 0 Å². The van der Waals surface area contributed by atoms with Crippen molar-refractivity contribution in [1.29, 1.82) is 0 Å². The summed E-state index contributed by atoms with van der Waals surface area (Å²) in [7, 11) is 0. The summed E-state index contributed by atoms with van der Waals surface area (Å²) >= 11 is 1.49.